The minimum atomic E-state index is 0.864. The topological polar surface area (TPSA) is 3.24 Å². The van der Waals surface area contributed by atoms with Gasteiger partial charge in [-0.3, -0.25) is 4.90 Å². The van der Waals surface area contributed by atoms with Gasteiger partial charge in [-0.15, -0.1) is 0 Å². The Morgan fingerprint density at radius 1 is 1.44 bits per heavy atom. The van der Waals surface area contributed by atoms with Crippen molar-refractivity contribution < 1.29 is 0 Å². The fraction of sp³-hybridized carbons (Fsp3) is 0.538. The number of rotatable bonds is 5. The monoisotopic (exact) mass is 301 g/mol. The normalized spacial score (nSPS) is 15.8. The lowest BCUT2D eigenvalue weighted by molar-refractivity contribution is 0.268. The molecule has 0 spiro atoms. The summed E-state index contributed by atoms with van der Waals surface area (Å²) >= 11 is 9.66. The van der Waals surface area contributed by atoms with Crippen LogP contribution in [0.5, 0.6) is 0 Å². The zero-order valence-corrected chi connectivity index (χ0v) is 11.9. The van der Waals surface area contributed by atoms with Crippen molar-refractivity contribution in [3.63, 3.8) is 0 Å². The summed E-state index contributed by atoms with van der Waals surface area (Å²) < 4.78 is 1.05. The Morgan fingerprint density at radius 3 is 2.75 bits per heavy atom. The third kappa shape index (κ3) is 3.47. The maximum Gasteiger partial charge on any atom is 0.0462 e. The molecule has 1 aromatic rings. The maximum absolute atomic E-state index is 6.23. The fourth-order valence-corrected chi connectivity index (χ4v) is 2.60. The SMILES string of the molecule is CCN(Cc1ccc(Br)cc1Cl)CC1CC1. The minimum absolute atomic E-state index is 0.864. The van der Waals surface area contributed by atoms with Gasteiger partial charge in [0.05, 0.1) is 0 Å². The Hall–Kier alpha value is -0.0500. The van der Waals surface area contributed by atoms with E-state index in [1.54, 1.807) is 0 Å². The molecule has 16 heavy (non-hydrogen) atoms. The van der Waals surface area contributed by atoms with Gasteiger partial charge in [0.15, 0.2) is 0 Å². The standard InChI is InChI=1S/C13H17BrClN/c1-2-16(8-10-3-4-10)9-11-5-6-12(14)7-13(11)15/h5-7,10H,2-4,8-9H2,1H3. The van der Waals surface area contributed by atoms with Gasteiger partial charge in [0, 0.05) is 22.6 Å². The largest absolute Gasteiger partial charge is 0.299 e. The zero-order valence-electron chi connectivity index (χ0n) is 9.55. The Balaban J connectivity index is 1.99. The van der Waals surface area contributed by atoms with E-state index < -0.39 is 0 Å². The molecule has 0 aromatic heterocycles. The van der Waals surface area contributed by atoms with Gasteiger partial charge in [-0.25, -0.2) is 0 Å². The van der Waals surface area contributed by atoms with Crippen LogP contribution in [0.4, 0.5) is 0 Å². The average molecular weight is 303 g/mol. The molecule has 0 saturated heterocycles. The van der Waals surface area contributed by atoms with Gasteiger partial charge >= 0.3 is 0 Å². The molecule has 0 unspecified atom stereocenters. The molecule has 0 amide bonds. The predicted octanol–water partition coefficient (Wildman–Crippen LogP) is 4.33. The van der Waals surface area contributed by atoms with Crippen LogP contribution in [0.2, 0.25) is 5.02 Å². The van der Waals surface area contributed by atoms with Crippen molar-refractivity contribution in [3.05, 3.63) is 33.3 Å². The number of nitrogens with zero attached hydrogens (tertiary/aromatic N) is 1. The van der Waals surface area contributed by atoms with E-state index in [4.69, 9.17) is 11.6 Å². The molecule has 0 radical (unpaired) electrons. The quantitative estimate of drug-likeness (QED) is 0.782. The molecule has 0 N–H and O–H groups in total. The van der Waals surface area contributed by atoms with Crippen LogP contribution in [-0.2, 0) is 6.54 Å². The van der Waals surface area contributed by atoms with E-state index in [0.717, 1.165) is 28.5 Å². The predicted molar refractivity (Wildman–Crippen MR) is 72.8 cm³/mol. The highest BCUT2D eigenvalue weighted by Gasteiger charge is 2.23. The van der Waals surface area contributed by atoms with Gasteiger partial charge in [0.25, 0.3) is 0 Å². The lowest BCUT2D eigenvalue weighted by Crippen LogP contribution is -2.25. The molecule has 1 fully saturated rings. The van der Waals surface area contributed by atoms with Crippen molar-refractivity contribution >= 4 is 27.5 Å². The van der Waals surface area contributed by atoms with Crippen LogP contribution in [0, 0.1) is 5.92 Å². The molecule has 1 aromatic carbocycles. The van der Waals surface area contributed by atoms with E-state index in [1.807, 2.05) is 6.07 Å². The van der Waals surface area contributed by atoms with E-state index in [-0.39, 0.29) is 0 Å². The number of hydrogen-bond donors (Lipinski definition) is 0. The highest BCUT2D eigenvalue weighted by Crippen LogP contribution is 2.30. The Labute approximate surface area is 111 Å². The molecule has 0 aliphatic heterocycles. The molecule has 1 nitrogen and oxygen atoms in total. The fourth-order valence-electron chi connectivity index (χ4n) is 1.86. The van der Waals surface area contributed by atoms with Crippen LogP contribution in [0.25, 0.3) is 0 Å². The number of benzene rings is 1. The summed E-state index contributed by atoms with van der Waals surface area (Å²) in [6, 6.07) is 6.15. The van der Waals surface area contributed by atoms with Crippen molar-refractivity contribution in [1.29, 1.82) is 0 Å². The van der Waals surface area contributed by atoms with E-state index in [0.29, 0.717) is 0 Å². The third-order valence-electron chi connectivity index (χ3n) is 3.07. The van der Waals surface area contributed by atoms with Crippen molar-refractivity contribution in [1.82, 2.24) is 4.90 Å². The molecule has 1 aliphatic rings. The first-order valence-corrected chi connectivity index (χ1v) is 7.02. The summed E-state index contributed by atoms with van der Waals surface area (Å²) in [5, 5.41) is 0.864. The second-order valence-electron chi connectivity index (χ2n) is 4.51. The van der Waals surface area contributed by atoms with Crippen LogP contribution in [0.3, 0.4) is 0 Å². The van der Waals surface area contributed by atoms with E-state index in [2.05, 4.69) is 39.9 Å². The van der Waals surface area contributed by atoms with Gasteiger partial charge in [0.2, 0.25) is 0 Å². The Kier molecular flexibility index (Phi) is 4.28. The van der Waals surface area contributed by atoms with Crippen molar-refractivity contribution in [2.45, 2.75) is 26.3 Å². The first kappa shape index (κ1) is 12.4. The Bertz CT molecular complexity index is 363. The van der Waals surface area contributed by atoms with Gasteiger partial charge in [-0.2, -0.15) is 0 Å². The molecular formula is C13H17BrClN. The molecular weight excluding hydrogens is 286 g/mol. The molecule has 0 atom stereocenters. The first-order valence-electron chi connectivity index (χ1n) is 5.85. The zero-order chi connectivity index (χ0) is 11.5. The maximum atomic E-state index is 6.23. The number of halogens is 2. The smallest absolute Gasteiger partial charge is 0.0462 e. The molecule has 88 valence electrons. The van der Waals surface area contributed by atoms with Gasteiger partial charge in [-0.05, 0) is 43.0 Å². The van der Waals surface area contributed by atoms with Crippen molar-refractivity contribution in [3.8, 4) is 0 Å². The van der Waals surface area contributed by atoms with Gasteiger partial charge in [0.1, 0.15) is 0 Å². The highest BCUT2D eigenvalue weighted by molar-refractivity contribution is 9.10. The van der Waals surface area contributed by atoms with Crippen LogP contribution >= 0.6 is 27.5 Å². The van der Waals surface area contributed by atoms with Crippen LogP contribution in [0.1, 0.15) is 25.3 Å². The molecule has 0 bridgehead atoms. The Morgan fingerprint density at radius 2 is 2.19 bits per heavy atom. The summed E-state index contributed by atoms with van der Waals surface area (Å²) in [7, 11) is 0. The summed E-state index contributed by atoms with van der Waals surface area (Å²) in [5.74, 6) is 0.939. The summed E-state index contributed by atoms with van der Waals surface area (Å²) in [4.78, 5) is 2.48. The van der Waals surface area contributed by atoms with Gasteiger partial charge in [-0.1, -0.05) is 40.5 Å². The van der Waals surface area contributed by atoms with E-state index in [1.165, 1.54) is 24.9 Å². The molecule has 0 heterocycles. The summed E-state index contributed by atoms with van der Waals surface area (Å²) in [6.45, 7) is 5.51. The van der Waals surface area contributed by atoms with Crippen LogP contribution in [0.15, 0.2) is 22.7 Å². The van der Waals surface area contributed by atoms with Crippen molar-refractivity contribution in [2.75, 3.05) is 13.1 Å². The molecule has 2 rings (SSSR count). The van der Waals surface area contributed by atoms with Crippen LogP contribution in [-0.4, -0.2) is 18.0 Å². The molecule has 1 saturated carbocycles. The van der Waals surface area contributed by atoms with E-state index >= 15 is 0 Å². The molecule has 3 heteroatoms. The van der Waals surface area contributed by atoms with Crippen molar-refractivity contribution in [2.24, 2.45) is 5.92 Å². The van der Waals surface area contributed by atoms with E-state index in [9.17, 15) is 0 Å². The molecule has 1 aliphatic carbocycles. The van der Waals surface area contributed by atoms with Gasteiger partial charge < -0.3 is 0 Å². The third-order valence-corrected chi connectivity index (χ3v) is 3.91. The second kappa shape index (κ2) is 5.52. The summed E-state index contributed by atoms with van der Waals surface area (Å²) in [6.07, 6.45) is 2.81. The average Bonchev–Trinajstić information content (AvgIpc) is 3.04. The lowest BCUT2D eigenvalue weighted by atomic mass is 10.2. The summed E-state index contributed by atoms with van der Waals surface area (Å²) in [5.41, 5.74) is 1.23. The van der Waals surface area contributed by atoms with Crippen LogP contribution < -0.4 is 0 Å². The highest BCUT2D eigenvalue weighted by atomic mass is 79.9. The minimum Gasteiger partial charge on any atom is -0.299 e. The second-order valence-corrected chi connectivity index (χ2v) is 5.83. The first-order chi connectivity index (χ1) is 7.69. The number of hydrogen-bond acceptors (Lipinski definition) is 1. The lowest BCUT2D eigenvalue weighted by Gasteiger charge is -2.20.